The number of hydrogen-bond acceptors (Lipinski definition) is 15. The molecular weight excluding hydrogens is 1220 g/mol. The van der Waals surface area contributed by atoms with E-state index >= 15 is 0 Å². The van der Waals surface area contributed by atoms with Gasteiger partial charge in [0, 0.05) is 25.7 Å². The predicted octanol–water partition coefficient (Wildman–Crippen LogP) is 21.3. The Morgan fingerprint density at radius 3 is 0.763 bits per heavy atom. The molecule has 6 atom stereocenters. The summed E-state index contributed by atoms with van der Waals surface area (Å²) in [5.41, 5.74) is 0. The summed E-state index contributed by atoms with van der Waals surface area (Å²) in [5, 5.41) is 10.6. The van der Waals surface area contributed by atoms with Crippen molar-refractivity contribution in [2.24, 2.45) is 23.7 Å². The number of rotatable bonds is 71. The average molecular weight is 1370 g/mol. The van der Waals surface area contributed by atoms with E-state index in [4.69, 9.17) is 37.0 Å². The van der Waals surface area contributed by atoms with Gasteiger partial charge < -0.3 is 33.8 Å². The molecule has 0 aliphatic heterocycles. The van der Waals surface area contributed by atoms with Crippen LogP contribution in [0.4, 0.5) is 0 Å². The summed E-state index contributed by atoms with van der Waals surface area (Å²) >= 11 is 0. The van der Waals surface area contributed by atoms with Gasteiger partial charge in [0.15, 0.2) is 12.2 Å². The zero-order valence-electron chi connectivity index (χ0n) is 60.9. The Balaban J connectivity index is 5.20. The minimum atomic E-state index is -4.95. The summed E-state index contributed by atoms with van der Waals surface area (Å²) in [6, 6.07) is 0. The van der Waals surface area contributed by atoms with Crippen LogP contribution in [0.1, 0.15) is 370 Å². The van der Waals surface area contributed by atoms with E-state index in [0.717, 1.165) is 114 Å². The summed E-state index contributed by atoms with van der Waals surface area (Å²) in [5.74, 6) is 0.892. The molecular formula is C74H144O17P2. The van der Waals surface area contributed by atoms with Crippen LogP contribution in [-0.4, -0.2) is 96.7 Å². The van der Waals surface area contributed by atoms with Crippen molar-refractivity contribution in [2.45, 2.75) is 388 Å². The third kappa shape index (κ3) is 67.0. The second-order valence-corrected chi connectivity index (χ2v) is 31.3. The van der Waals surface area contributed by atoms with Crippen LogP contribution in [0.5, 0.6) is 0 Å². The first-order chi connectivity index (χ1) is 44.6. The number of esters is 4. The molecule has 0 aliphatic rings. The molecule has 0 saturated carbocycles. The van der Waals surface area contributed by atoms with Crippen LogP contribution < -0.4 is 0 Å². The maximum atomic E-state index is 13.0. The Morgan fingerprint density at radius 2 is 0.516 bits per heavy atom. The molecule has 0 radical (unpaired) electrons. The molecule has 0 aromatic heterocycles. The number of hydrogen-bond donors (Lipinski definition) is 3. The maximum absolute atomic E-state index is 13.0. The summed E-state index contributed by atoms with van der Waals surface area (Å²) < 4.78 is 68.4. The van der Waals surface area contributed by atoms with E-state index in [2.05, 4.69) is 55.4 Å². The Morgan fingerprint density at radius 1 is 0.301 bits per heavy atom. The normalized spacial score (nSPS) is 14.5. The minimum absolute atomic E-state index is 0.105. The van der Waals surface area contributed by atoms with Gasteiger partial charge in [-0.1, -0.05) is 319 Å². The van der Waals surface area contributed by atoms with Gasteiger partial charge in [0.2, 0.25) is 0 Å². The van der Waals surface area contributed by atoms with Crippen molar-refractivity contribution in [1.29, 1.82) is 0 Å². The van der Waals surface area contributed by atoms with E-state index in [0.29, 0.717) is 31.6 Å². The number of phosphoric ester groups is 2. The van der Waals surface area contributed by atoms with Crippen molar-refractivity contribution in [2.75, 3.05) is 39.6 Å². The Bertz CT molecular complexity index is 1840. The molecule has 0 aromatic carbocycles. The molecule has 552 valence electrons. The van der Waals surface area contributed by atoms with Gasteiger partial charge in [0.05, 0.1) is 26.4 Å². The second-order valence-electron chi connectivity index (χ2n) is 28.4. The molecule has 0 heterocycles. The Hall–Kier alpha value is -1.94. The minimum Gasteiger partial charge on any atom is -0.462 e. The van der Waals surface area contributed by atoms with E-state index in [1.165, 1.54) is 167 Å². The highest BCUT2D eigenvalue weighted by molar-refractivity contribution is 7.47. The lowest BCUT2D eigenvalue weighted by molar-refractivity contribution is -0.161. The van der Waals surface area contributed by atoms with E-state index < -0.39 is 97.5 Å². The fourth-order valence-electron chi connectivity index (χ4n) is 11.2. The predicted molar refractivity (Wildman–Crippen MR) is 377 cm³/mol. The van der Waals surface area contributed by atoms with Crippen LogP contribution in [0.15, 0.2) is 0 Å². The number of carbonyl (C=O) groups excluding carboxylic acids is 4. The van der Waals surface area contributed by atoms with Crippen molar-refractivity contribution >= 4 is 39.5 Å². The average Bonchev–Trinajstić information content (AvgIpc) is 3.33. The molecule has 4 unspecified atom stereocenters. The molecule has 0 aromatic rings. The third-order valence-corrected chi connectivity index (χ3v) is 19.3. The molecule has 0 bridgehead atoms. The molecule has 0 fully saturated rings. The van der Waals surface area contributed by atoms with Crippen LogP contribution in [0.25, 0.3) is 0 Å². The van der Waals surface area contributed by atoms with Gasteiger partial charge in [-0.05, 0) is 49.4 Å². The van der Waals surface area contributed by atoms with E-state index in [9.17, 15) is 43.2 Å². The second kappa shape index (κ2) is 63.5. The van der Waals surface area contributed by atoms with Gasteiger partial charge in [-0.25, -0.2) is 9.13 Å². The van der Waals surface area contributed by atoms with Crippen molar-refractivity contribution in [3.8, 4) is 0 Å². The standard InChI is InChI=1S/C74H144O17P2/c1-9-67(8)53-45-37-28-21-18-19-23-31-41-49-57-74(79)90-69(60-84-71(76)54-46-38-29-25-24-27-35-43-51-65(4)5)62-88-92(80,81)86-58-68(75)59-87-93(82,83)89-63-70(61-85-72(77)55-47-39-33-32-36-44-52-66(6)7)91-73(78)56-48-40-30-22-17-15-13-11-10-12-14-16-20-26-34-42-50-64(2)3/h64-70,75H,9-63H2,1-8H3,(H,80,81)(H,82,83)/t67?,68?,69-,70-/m1/s1. The number of unbranched alkanes of at least 4 members (excludes halogenated alkanes) is 36. The summed E-state index contributed by atoms with van der Waals surface area (Å²) in [7, 11) is -9.91. The fraction of sp³-hybridized carbons (Fsp3) is 0.946. The lowest BCUT2D eigenvalue weighted by Gasteiger charge is -2.21. The number of carbonyl (C=O) groups is 4. The topological polar surface area (TPSA) is 237 Å². The highest BCUT2D eigenvalue weighted by Gasteiger charge is 2.30. The lowest BCUT2D eigenvalue weighted by Crippen LogP contribution is -2.30. The van der Waals surface area contributed by atoms with E-state index in [-0.39, 0.29) is 25.7 Å². The first kappa shape index (κ1) is 91.1. The number of aliphatic hydroxyl groups excluding tert-OH is 1. The summed E-state index contributed by atoms with van der Waals surface area (Å²) in [4.78, 5) is 72.7. The first-order valence-corrected chi connectivity index (χ1v) is 41.2. The van der Waals surface area contributed by atoms with Gasteiger partial charge >= 0.3 is 39.5 Å². The smallest absolute Gasteiger partial charge is 0.462 e. The Labute approximate surface area is 568 Å². The maximum Gasteiger partial charge on any atom is 0.472 e. The monoisotopic (exact) mass is 1370 g/mol. The van der Waals surface area contributed by atoms with Crippen LogP contribution in [0.2, 0.25) is 0 Å². The van der Waals surface area contributed by atoms with Crippen LogP contribution in [0.3, 0.4) is 0 Å². The van der Waals surface area contributed by atoms with Gasteiger partial charge in [-0.15, -0.1) is 0 Å². The molecule has 0 spiro atoms. The van der Waals surface area contributed by atoms with Crippen molar-refractivity contribution in [3.63, 3.8) is 0 Å². The van der Waals surface area contributed by atoms with Gasteiger partial charge in [0.1, 0.15) is 19.3 Å². The third-order valence-electron chi connectivity index (χ3n) is 17.4. The highest BCUT2D eigenvalue weighted by Crippen LogP contribution is 2.45. The molecule has 93 heavy (non-hydrogen) atoms. The largest absolute Gasteiger partial charge is 0.472 e. The number of ether oxygens (including phenoxy) is 4. The summed E-state index contributed by atoms with van der Waals surface area (Å²) in [6.45, 7) is 14.1. The van der Waals surface area contributed by atoms with Gasteiger partial charge in [-0.3, -0.25) is 37.3 Å². The fourth-order valence-corrected chi connectivity index (χ4v) is 12.7. The van der Waals surface area contributed by atoms with Crippen molar-refractivity contribution < 1.29 is 80.2 Å². The molecule has 0 aliphatic carbocycles. The van der Waals surface area contributed by atoms with Gasteiger partial charge in [0.25, 0.3) is 0 Å². The first-order valence-electron chi connectivity index (χ1n) is 38.2. The van der Waals surface area contributed by atoms with Crippen molar-refractivity contribution in [3.05, 3.63) is 0 Å². The Kier molecular flexibility index (Phi) is 62.2. The quantitative estimate of drug-likeness (QED) is 0.0222. The van der Waals surface area contributed by atoms with Gasteiger partial charge in [-0.2, -0.15) is 0 Å². The van der Waals surface area contributed by atoms with Crippen LogP contribution in [0, 0.1) is 23.7 Å². The molecule has 0 rings (SSSR count). The number of aliphatic hydroxyl groups is 1. The summed E-state index contributed by atoms with van der Waals surface area (Å²) in [6.07, 6.45) is 47.4. The zero-order valence-corrected chi connectivity index (χ0v) is 62.7. The molecule has 0 amide bonds. The number of phosphoric acid groups is 2. The highest BCUT2D eigenvalue weighted by atomic mass is 31.2. The van der Waals surface area contributed by atoms with Crippen LogP contribution >= 0.6 is 15.6 Å². The van der Waals surface area contributed by atoms with Crippen LogP contribution in [-0.2, 0) is 65.4 Å². The van der Waals surface area contributed by atoms with Crippen molar-refractivity contribution in [1.82, 2.24) is 0 Å². The molecule has 19 heteroatoms. The van der Waals surface area contributed by atoms with E-state index in [1.54, 1.807) is 0 Å². The molecule has 3 N–H and O–H groups in total. The SMILES string of the molecule is CCC(C)CCCCCCCCCCCCC(=O)O[C@H](COC(=O)CCCCCCCCCCC(C)C)COP(=O)(O)OCC(O)COP(=O)(O)OC[C@@H](COC(=O)CCCCCCCCC(C)C)OC(=O)CCCCCCCCCCCCCCCCCCC(C)C. The van der Waals surface area contributed by atoms with E-state index in [1.807, 2.05) is 0 Å². The molecule has 17 nitrogen and oxygen atoms in total. The zero-order chi connectivity index (χ0) is 68.9. The lowest BCUT2D eigenvalue weighted by atomic mass is 9.99. The molecule has 0 saturated heterocycles.